The van der Waals surface area contributed by atoms with Crippen molar-refractivity contribution in [1.29, 1.82) is 0 Å². The van der Waals surface area contributed by atoms with Crippen LogP contribution in [-0.2, 0) is 16.6 Å². The molecule has 86 valence electrons. The highest BCUT2D eigenvalue weighted by atomic mass is 32.2. The van der Waals surface area contributed by atoms with Gasteiger partial charge in [-0.15, -0.1) is 0 Å². The van der Waals surface area contributed by atoms with Crippen LogP contribution in [0.25, 0.3) is 0 Å². The molecule has 2 N–H and O–H groups in total. The Bertz CT molecular complexity index is 359. The molecule has 6 heteroatoms. The number of hydrogen-bond acceptors (Lipinski definition) is 4. The van der Waals surface area contributed by atoms with Crippen LogP contribution in [0.3, 0.4) is 0 Å². The van der Waals surface area contributed by atoms with E-state index in [1.165, 1.54) is 0 Å². The number of nitrogens with one attached hydrogen (secondary N) is 2. The van der Waals surface area contributed by atoms with E-state index in [-0.39, 0.29) is 5.75 Å². The Morgan fingerprint density at radius 2 is 2.27 bits per heavy atom. The molecule has 1 heterocycles. The van der Waals surface area contributed by atoms with Crippen LogP contribution in [0.1, 0.15) is 12.5 Å². The maximum Gasteiger partial charge on any atom is 0.212 e. The largest absolute Gasteiger partial charge is 0.472 e. The van der Waals surface area contributed by atoms with E-state index in [4.69, 9.17) is 4.42 Å². The number of rotatable bonds is 7. The van der Waals surface area contributed by atoms with Crippen molar-refractivity contribution < 1.29 is 12.8 Å². The number of sulfonamides is 1. The molecular weight excluding hydrogens is 216 g/mol. The third-order valence-electron chi connectivity index (χ3n) is 1.82. The summed E-state index contributed by atoms with van der Waals surface area (Å²) < 4.78 is 29.8. The van der Waals surface area contributed by atoms with Crippen molar-refractivity contribution in [2.24, 2.45) is 0 Å². The molecule has 1 aromatic rings. The normalized spacial score (nSPS) is 11.8. The van der Waals surface area contributed by atoms with Crippen molar-refractivity contribution in [3.63, 3.8) is 0 Å². The number of furan rings is 1. The van der Waals surface area contributed by atoms with E-state index in [2.05, 4.69) is 10.0 Å². The average Bonchev–Trinajstić information content (AvgIpc) is 2.65. The van der Waals surface area contributed by atoms with E-state index in [9.17, 15) is 8.42 Å². The molecule has 0 saturated carbocycles. The molecule has 0 spiro atoms. The summed E-state index contributed by atoms with van der Waals surface area (Å²) in [7, 11) is -3.11. The lowest BCUT2D eigenvalue weighted by molar-refractivity contribution is 0.560. The molecule has 1 rings (SSSR count). The molecule has 0 aliphatic rings. The van der Waals surface area contributed by atoms with Gasteiger partial charge in [0.15, 0.2) is 0 Å². The Morgan fingerprint density at radius 3 is 2.87 bits per heavy atom. The first-order chi connectivity index (χ1) is 7.14. The molecule has 15 heavy (non-hydrogen) atoms. The minimum absolute atomic E-state index is 0.0959. The molecule has 0 amide bonds. The van der Waals surface area contributed by atoms with Gasteiger partial charge < -0.3 is 9.73 Å². The first kappa shape index (κ1) is 12.2. The van der Waals surface area contributed by atoms with Gasteiger partial charge in [-0.25, -0.2) is 13.1 Å². The van der Waals surface area contributed by atoms with Gasteiger partial charge in [-0.3, -0.25) is 0 Å². The van der Waals surface area contributed by atoms with Crippen molar-refractivity contribution in [1.82, 2.24) is 10.0 Å². The quantitative estimate of drug-likeness (QED) is 0.664. The zero-order chi connectivity index (χ0) is 11.1. The predicted molar refractivity (Wildman–Crippen MR) is 57.9 cm³/mol. The molecule has 0 unspecified atom stereocenters. The van der Waals surface area contributed by atoms with Crippen molar-refractivity contribution in [3.8, 4) is 0 Å². The van der Waals surface area contributed by atoms with E-state index in [1.807, 2.05) is 6.07 Å². The van der Waals surface area contributed by atoms with Gasteiger partial charge in [-0.05, 0) is 6.07 Å². The Hall–Kier alpha value is -0.850. The van der Waals surface area contributed by atoms with E-state index in [1.54, 1.807) is 19.5 Å². The summed E-state index contributed by atoms with van der Waals surface area (Å²) >= 11 is 0. The fraction of sp³-hybridized carbons (Fsp3) is 0.556. The van der Waals surface area contributed by atoms with Gasteiger partial charge in [0.05, 0.1) is 18.3 Å². The third-order valence-corrected chi connectivity index (χ3v) is 3.29. The second kappa shape index (κ2) is 5.89. The summed E-state index contributed by atoms with van der Waals surface area (Å²) in [6, 6.07) is 1.84. The highest BCUT2D eigenvalue weighted by molar-refractivity contribution is 7.89. The summed E-state index contributed by atoms with van der Waals surface area (Å²) in [5, 5.41) is 3.02. The van der Waals surface area contributed by atoms with Crippen LogP contribution >= 0.6 is 0 Å². The molecule has 0 fully saturated rings. The van der Waals surface area contributed by atoms with Crippen LogP contribution in [0.5, 0.6) is 0 Å². The highest BCUT2D eigenvalue weighted by Crippen LogP contribution is 1.97. The van der Waals surface area contributed by atoms with Crippen molar-refractivity contribution >= 4 is 10.0 Å². The summed E-state index contributed by atoms with van der Waals surface area (Å²) in [6.07, 6.45) is 3.22. The summed E-state index contributed by atoms with van der Waals surface area (Å²) in [5.41, 5.74) is 1.01. The van der Waals surface area contributed by atoms with Gasteiger partial charge in [0, 0.05) is 25.2 Å². The van der Waals surface area contributed by atoms with Crippen molar-refractivity contribution in [3.05, 3.63) is 24.2 Å². The van der Waals surface area contributed by atoms with Gasteiger partial charge in [0.2, 0.25) is 10.0 Å². The zero-order valence-corrected chi connectivity index (χ0v) is 9.51. The first-order valence-corrected chi connectivity index (χ1v) is 6.48. The molecule has 0 radical (unpaired) electrons. The predicted octanol–water partition coefficient (Wildman–Crippen LogP) is 0.309. The molecule has 0 bridgehead atoms. The van der Waals surface area contributed by atoms with Gasteiger partial charge >= 0.3 is 0 Å². The number of hydrogen-bond donors (Lipinski definition) is 2. The molecule has 0 aliphatic carbocycles. The lowest BCUT2D eigenvalue weighted by Crippen LogP contribution is -2.31. The third kappa shape index (κ3) is 4.96. The monoisotopic (exact) mass is 232 g/mol. The van der Waals surface area contributed by atoms with Gasteiger partial charge in [0.1, 0.15) is 0 Å². The summed E-state index contributed by atoms with van der Waals surface area (Å²) in [4.78, 5) is 0. The Morgan fingerprint density at radius 1 is 1.47 bits per heavy atom. The Kier molecular flexibility index (Phi) is 4.80. The molecular formula is C9H16N2O3S. The molecule has 0 aliphatic heterocycles. The van der Waals surface area contributed by atoms with Gasteiger partial charge in [-0.2, -0.15) is 0 Å². The second-order valence-corrected chi connectivity index (χ2v) is 5.05. The minimum Gasteiger partial charge on any atom is -0.472 e. The first-order valence-electron chi connectivity index (χ1n) is 4.83. The molecule has 5 nitrogen and oxygen atoms in total. The maximum atomic E-state index is 11.2. The van der Waals surface area contributed by atoms with Crippen LogP contribution in [0.4, 0.5) is 0 Å². The average molecular weight is 232 g/mol. The summed E-state index contributed by atoms with van der Waals surface area (Å²) in [6.45, 7) is 3.25. The highest BCUT2D eigenvalue weighted by Gasteiger charge is 2.06. The zero-order valence-electron chi connectivity index (χ0n) is 8.69. The van der Waals surface area contributed by atoms with Crippen molar-refractivity contribution in [2.75, 3.05) is 18.8 Å². The van der Waals surface area contributed by atoms with Crippen LogP contribution in [0, 0.1) is 0 Å². The van der Waals surface area contributed by atoms with E-state index in [0.29, 0.717) is 19.6 Å². The smallest absolute Gasteiger partial charge is 0.212 e. The molecule has 0 atom stereocenters. The van der Waals surface area contributed by atoms with E-state index >= 15 is 0 Å². The van der Waals surface area contributed by atoms with Crippen LogP contribution in [-0.4, -0.2) is 27.3 Å². The van der Waals surface area contributed by atoms with Crippen LogP contribution in [0.2, 0.25) is 0 Å². The van der Waals surface area contributed by atoms with Crippen LogP contribution < -0.4 is 10.0 Å². The van der Waals surface area contributed by atoms with Crippen LogP contribution in [0.15, 0.2) is 23.0 Å². The Balaban J connectivity index is 2.17. The van der Waals surface area contributed by atoms with Crippen molar-refractivity contribution in [2.45, 2.75) is 13.5 Å². The minimum atomic E-state index is -3.11. The van der Waals surface area contributed by atoms with Gasteiger partial charge in [0.25, 0.3) is 0 Å². The molecule has 0 aromatic carbocycles. The fourth-order valence-electron chi connectivity index (χ4n) is 1.12. The standard InChI is InChI=1S/C9H16N2O3S/c1-2-11-15(12,13)6-4-10-7-9-3-5-14-8-9/h3,5,8,10-11H,2,4,6-7H2,1H3. The molecule has 1 aromatic heterocycles. The topological polar surface area (TPSA) is 71.3 Å². The van der Waals surface area contributed by atoms with Gasteiger partial charge in [-0.1, -0.05) is 6.92 Å². The second-order valence-electron chi connectivity index (χ2n) is 3.13. The molecule has 0 saturated heterocycles. The SMILES string of the molecule is CCNS(=O)(=O)CCNCc1ccoc1. The van der Waals surface area contributed by atoms with E-state index < -0.39 is 10.0 Å². The Labute approximate surface area is 89.9 Å². The summed E-state index contributed by atoms with van der Waals surface area (Å²) in [5.74, 6) is 0.0959. The van der Waals surface area contributed by atoms with E-state index in [0.717, 1.165) is 5.56 Å². The fourth-order valence-corrected chi connectivity index (χ4v) is 2.12. The lowest BCUT2D eigenvalue weighted by atomic mass is 10.3. The lowest BCUT2D eigenvalue weighted by Gasteiger charge is -2.04. The maximum absolute atomic E-state index is 11.2.